The van der Waals surface area contributed by atoms with Gasteiger partial charge in [-0.2, -0.15) is 0 Å². The molecule has 2 nitrogen and oxygen atoms in total. The van der Waals surface area contributed by atoms with Gasteiger partial charge < -0.3 is 5.32 Å². The van der Waals surface area contributed by atoms with Gasteiger partial charge in [-0.3, -0.25) is 0 Å². The number of aromatic nitrogens is 1. The largest absolute Gasteiger partial charge is 0.347 e. The summed E-state index contributed by atoms with van der Waals surface area (Å²) in [4.78, 5) is 4.05. The van der Waals surface area contributed by atoms with Crippen LogP contribution in [0.2, 0.25) is 0 Å². The van der Waals surface area contributed by atoms with E-state index in [0.29, 0.717) is 0 Å². The zero-order chi connectivity index (χ0) is 7.23. The molecule has 0 aliphatic heterocycles. The average molecular weight is 134 g/mol. The van der Waals surface area contributed by atoms with Crippen LogP contribution in [0.5, 0.6) is 0 Å². The molecule has 0 atom stereocenters. The maximum atomic E-state index is 4.05. The van der Waals surface area contributed by atoms with Crippen molar-refractivity contribution in [1.82, 2.24) is 4.98 Å². The van der Waals surface area contributed by atoms with Gasteiger partial charge in [0, 0.05) is 6.20 Å². The van der Waals surface area contributed by atoms with Crippen molar-refractivity contribution >= 4 is 5.82 Å². The molecule has 0 amide bonds. The summed E-state index contributed by atoms with van der Waals surface area (Å²) in [5.41, 5.74) is 0. The van der Waals surface area contributed by atoms with Crippen molar-refractivity contribution in [2.75, 3.05) is 5.32 Å². The lowest BCUT2D eigenvalue weighted by Gasteiger charge is -1.95. The first-order valence-electron chi connectivity index (χ1n) is 3.22. The van der Waals surface area contributed by atoms with Crippen molar-refractivity contribution in [1.29, 1.82) is 0 Å². The van der Waals surface area contributed by atoms with Crippen LogP contribution in [0.1, 0.15) is 6.92 Å². The van der Waals surface area contributed by atoms with Crippen LogP contribution in [-0.4, -0.2) is 4.98 Å². The second kappa shape index (κ2) is 3.67. The zero-order valence-corrected chi connectivity index (χ0v) is 5.91. The molecule has 1 N–H and O–H groups in total. The third-order valence-electron chi connectivity index (χ3n) is 1.06. The Morgan fingerprint density at radius 1 is 1.50 bits per heavy atom. The summed E-state index contributed by atoms with van der Waals surface area (Å²) in [6.45, 7) is 1.95. The number of nitrogens with zero attached hydrogens (tertiary/aromatic N) is 1. The molecule has 1 aromatic rings. The van der Waals surface area contributed by atoms with E-state index in [1.54, 1.807) is 6.20 Å². The molecular weight excluding hydrogens is 124 g/mol. The van der Waals surface area contributed by atoms with Crippen LogP contribution in [0.25, 0.3) is 0 Å². The molecule has 0 aliphatic carbocycles. The van der Waals surface area contributed by atoms with Crippen LogP contribution >= 0.6 is 0 Å². The highest BCUT2D eigenvalue weighted by Crippen LogP contribution is 1.98. The van der Waals surface area contributed by atoms with Gasteiger partial charge in [-0.25, -0.2) is 4.98 Å². The average Bonchev–Trinajstić information content (AvgIpc) is 2.03. The van der Waals surface area contributed by atoms with E-state index in [1.165, 1.54) is 0 Å². The highest BCUT2D eigenvalue weighted by molar-refractivity contribution is 5.36. The number of pyridine rings is 1. The second-order valence-electron chi connectivity index (χ2n) is 1.86. The van der Waals surface area contributed by atoms with Crippen molar-refractivity contribution in [3.63, 3.8) is 0 Å². The minimum absolute atomic E-state index is 0.876. The summed E-state index contributed by atoms with van der Waals surface area (Å²) in [6, 6.07) is 5.75. The topological polar surface area (TPSA) is 24.9 Å². The van der Waals surface area contributed by atoms with E-state index in [9.17, 15) is 0 Å². The van der Waals surface area contributed by atoms with Crippen molar-refractivity contribution in [2.45, 2.75) is 6.92 Å². The Balaban J connectivity index is 2.59. The molecule has 0 spiro atoms. The highest BCUT2D eigenvalue weighted by atomic mass is 15.0. The summed E-state index contributed by atoms with van der Waals surface area (Å²) < 4.78 is 0. The molecular formula is C8H10N2. The molecule has 1 aromatic heterocycles. The van der Waals surface area contributed by atoms with Gasteiger partial charge in [0.05, 0.1) is 0 Å². The van der Waals surface area contributed by atoms with Crippen LogP contribution < -0.4 is 5.32 Å². The number of rotatable bonds is 2. The van der Waals surface area contributed by atoms with Gasteiger partial charge in [-0.15, -0.1) is 0 Å². The lowest BCUT2D eigenvalue weighted by atomic mass is 10.5. The van der Waals surface area contributed by atoms with Gasteiger partial charge in [-0.1, -0.05) is 12.1 Å². The number of hydrogen-bond acceptors (Lipinski definition) is 2. The van der Waals surface area contributed by atoms with E-state index < -0.39 is 0 Å². The maximum Gasteiger partial charge on any atom is 0.129 e. The Bertz CT molecular complexity index is 204. The quantitative estimate of drug-likeness (QED) is 0.669. The highest BCUT2D eigenvalue weighted by Gasteiger charge is 1.82. The fourth-order valence-corrected chi connectivity index (χ4v) is 0.617. The van der Waals surface area contributed by atoms with Crippen LogP contribution in [0.15, 0.2) is 36.7 Å². The molecule has 1 rings (SSSR count). The Morgan fingerprint density at radius 3 is 3.00 bits per heavy atom. The van der Waals surface area contributed by atoms with Crippen LogP contribution in [-0.2, 0) is 0 Å². The fourth-order valence-electron chi connectivity index (χ4n) is 0.617. The smallest absolute Gasteiger partial charge is 0.129 e. The molecule has 0 saturated carbocycles. The number of anilines is 1. The van der Waals surface area contributed by atoms with Crippen LogP contribution in [0, 0.1) is 0 Å². The molecule has 0 aromatic carbocycles. The third kappa shape index (κ3) is 1.90. The molecule has 0 saturated heterocycles. The maximum absolute atomic E-state index is 4.05. The molecule has 0 fully saturated rings. The van der Waals surface area contributed by atoms with Crippen molar-refractivity contribution in [2.24, 2.45) is 0 Å². The lowest BCUT2D eigenvalue weighted by Crippen LogP contribution is -1.88. The predicted octanol–water partition coefficient (Wildman–Crippen LogP) is 2.03. The van der Waals surface area contributed by atoms with E-state index in [4.69, 9.17) is 0 Å². The molecule has 10 heavy (non-hydrogen) atoms. The zero-order valence-electron chi connectivity index (χ0n) is 5.91. The molecule has 0 bridgehead atoms. The summed E-state index contributed by atoms with van der Waals surface area (Å²) in [7, 11) is 0. The van der Waals surface area contributed by atoms with Gasteiger partial charge >= 0.3 is 0 Å². The monoisotopic (exact) mass is 134 g/mol. The molecule has 2 heteroatoms. The molecule has 0 radical (unpaired) electrons. The third-order valence-corrected chi connectivity index (χ3v) is 1.06. The van der Waals surface area contributed by atoms with Crippen LogP contribution in [0.4, 0.5) is 5.82 Å². The minimum atomic E-state index is 0.876. The van der Waals surface area contributed by atoms with E-state index in [-0.39, 0.29) is 0 Å². The Kier molecular flexibility index (Phi) is 2.49. The molecule has 0 unspecified atom stereocenters. The molecule has 52 valence electrons. The normalized spacial score (nSPS) is 10.1. The summed E-state index contributed by atoms with van der Waals surface area (Å²) in [6.07, 6.45) is 5.53. The minimum Gasteiger partial charge on any atom is -0.347 e. The number of nitrogens with one attached hydrogen (secondary N) is 1. The predicted molar refractivity (Wildman–Crippen MR) is 42.7 cm³/mol. The Hall–Kier alpha value is -1.31. The van der Waals surface area contributed by atoms with E-state index >= 15 is 0 Å². The van der Waals surface area contributed by atoms with E-state index in [1.807, 2.05) is 37.4 Å². The molecule has 1 heterocycles. The van der Waals surface area contributed by atoms with Crippen LogP contribution in [0.3, 0.4) is 0 Å². The number of hydrogen-bond donors (Lipinski definition) is 1. The fraction of sp³-hybridized carbons (Fsp3) is 0.125. The lowest BCUT2D eigenvalue weighted by molar-refractivity contribution is 1.31. The number of allylic oxidation sites excluding steroid dienone is 1. The molecule has 0 aliphatic rings. The van der Waals surface area contributed by atoms with Gasteiger partial charge in [0.15, 0.2) is 0 Å². The van der Waals surface area contributed by atoms with Crippen molar-refractivity contribution in [3.05, 3.63) is 36.7 Å². The van der Waals surface area contributed by atoms with Gasteiger partial charge in [0.25, 0.3) is 0 Å². The van der Waals surface area contributed by atoms with Crippen molar-refractivity contribution in [3.8, 4) is 0 Å². The standard InChI is InChI=1S/C8H10N2/c1-2-6-9-8-5-3-4-7-10-8/h2-7H,1H3,(H,9,10)/b6-2+. The first-order valence-corrected chi connectivity index (χ1v) is 3.22. The van der Waals surface area contributed by atoms with Crippen molar-refractivity contribution < 1.29 is 0 Å². The van der Waals surface area contributed by atoms with Gasteiger partial charge in [0.2, 0.25) is 0 Å². The SMILES string of the molecule is C/C=C/Nc1ccccn1. The van der Waals surface area contributed by atoms with Gasteiger partial charge in [0.1, 0.15) is 5.82 Å². The second-order valence-corrected chi connectivity index (χ2v) is 1.86. The first-order chi connectivity index (χ1) is 4.93. The van der Waals surface area contributed by atoms with Gasteiger partial charge in [-0.05, 0) is 25.3 Å². The summed E-state index contributed by atoms with van der Waals surface area (Å²) in [5.74, 6) is 0.876. The Morgan fingerprint density at radius 2 is 2.40 bits per heavy atom. The first kappa shape index (κ1) is 6.81. The Labute approximate surface area is 60.6 Å². The summed E-state index contributed by atoms with van der Waals surface area (Å²) >= 11 is 0. The van der Waals surface area contributed by atoms with E-state index in [0.717, 1.165) is 5.82 Å². The summed E-state index contributed by atoms with van der Waals surface area (Å²) in [5, 5.41) is 3.00. The van der Waals surface area contributed by atoms with E-state index in [2.05, 4.69) is 10.3 Å².